The summed E-state index contributed by atoms with van der Waals surface area (Å²) in [5.41, 5.74) is 8.27. The van der Waals surface area contributed by atoms with Gasteiger partial charge in [-0.1, -0.05) is 18.2 Å². The molecule has 0 aliphatic heterocycles. The highest BCUT2D eigenvalue weighted by Gasteiger charge is 2.11. The summed E-state index contributed by atoms with van der Waals surface area (Å²) in [7, 11) is 1.93. The first-order chi connectivity index (χ1) is 6.79. The summed E-state index contributed by atoms with van der Waals surface area (Å²) in [5.74, 6) is 0. The van der Waals surface area contributed by atoms with E-state index in [-0.39, 0.29) is 0 Å². The largest absolute Gasteiger partial charge is 0.346 e. The van der Waals surface area contributed by atoms with Crippen LogP contribution >= 0.6 is 0 Å². The highest BCUT2D eigenvalue weighted by atomic mass is 16.1. The SMILES string of the molecule is Cn1c(CN)c(C=O)c2ccccc21. The highest BCUT2D eigenvalue weighted by molar-refractivity contribution is 5.99. The van der Waals surface area contributed by atoms with Gasteiger partial charge in [0.25, 0.3) is 0 Å². The monoisotopic (exact) mass is 188 g/mol. The topological polar surface area (TPSA) is 48.0 Å². The number of fused-ring (bicyclic) bond motifs is 1. The van der Waals surface area contributed by atoms with E-state index in [2.05, 4.69) is 0 Å². The second-order valence-corrected chi connectivity index (χ2v) is 3.26. The summed E-state index contributed by atoms with van der Waals surface area (Å²) >= 11 is 0. The van der Waals surface area contributed by atoms with Gasteiger partial charge in [-0.15, -0.1) is 0 Å². The number of aryl methyl sites for hydroxylation is 1. The van der Waals surface area contributed by atoms with Gasteiger partial charge in [-0.05, 0) is 6.07 Å². The summed E-state index contributed by atoms with van der Waals surface area (Å²) in [5, 5.41) is 0.977. The number of carbonyl (C=O) groups is 1. The molecule has 2 N–H and O–H groups in total. The van der Waals surface area contributed by atoms with E-state index >= 15 is 0 Å². The zero-order chi connectivity index (χ0) is 10.1. The Hall–Kier alpha value is -1.61. The number of rotatable bonds is 2. The van der Waals surface area contributed by atoms with Gasteiger partial charge in [0, 0.05) is 35.8 Å². The molecule has 0 unspecified atom stereocenters. The van der Waals surface area contributed by atoms with Gasteiger partial charge in [-0.3, -0.25) is 4.79 Å². The number of para-hydroxylation sites is 1. The summed E-state index contributed by atoms with van der Waals surface area (Å²) < 4.78 is 1.97. The van der Waals surface area contributed by atoms with E-state index in [0.29, 0.717) is 12.1 Å². The van der Waals surface area contributed by atoms with Crippen molar-refractivity contribution in [3.05, 3.63) is 35.5 Å². The maximum absolute atomic E-state index is 10.9. The fourth-order valence-electron chi connectivity index (χ4n) is 1.85. The van der Waals surface area contributed by atoms with Gasteiger partial charge in [0.15, 0.2) is 6.29 Å². The van der Waals surface area contributed by atoms with Crippen LogP contribution in [0.1, 0.15) is 16.1 Å². The lowest BCUT2D eigenvalue weighted by Crippen LogP contribution is -2.05. The van der Waals surface area contributed by atoms with E-state index in [1.54, 1.807) is 0 Å². The third kappa shape index (κ3) is 1.06. The first kappa shape index (κ1) is 8.97. The molecule has 2 aromatic rings. The van der Waals surface area contributed by atoms with Crippen molar-refractivity contribution >= 4 is 17.2 Å². The Morgan fingerprint density at radius 3 is 2.79 bits per heavy atom. The molecule has 0 aliphatic carbocycles. The third-order valence-electron chi connectivity index (χ3n) is 2.58. The van der Waals surface area contributed by atoms with Gasteiger partial charge >= 0.3 is 0 Å². The Kier molecular flexibility index (Phi) is 2.09. The second-order valence-electron chi connectivity index (χ2n) is 3.26. The van der Waals surface area contributed by atoms with Gasteiger partial charge in [0.05, 0.1) is 0 Å². The maximum atomic E-state index is 10.9. The average Bonchev–Trinajstić information content (AvgIpc) is 2.51. The van der Waals surface area contributed by atoms with Gasteiger partial charge < -0.3 is 10.3 Å². The lowest BCUT2D eigenvalue weighted by atomic mass is 10.1. The minimum absolute atomic E-state index is 0.388. The molecule has 3 heteroatoms. The van der Waals surface area contributed by atoms with E-state index in [9.17, 15) is 4.79 Å². The summed E-state index contributed by atoms with van der Waals surface area (Å²) in [4.78, 5) is 10.9. The normalized spacial score (nSPS) is 10.7. The molecule has 2 rings (SSSR count). The van der Waals surface area contributed by atoms with E-state index in [1.165, 1.54) is 0 Å². The van der Waals surface area contributed by atoms with Crippen molar-refractivity contribution in [1.82, 2.24) is 4.57 Å². The Labute approximate surface area is 82.1 Å². The van der Waals surface area contributed by atoms with Crippen molar-refractivity contribution in [2.75, 3.05) is 0 Å². The van der Waals surface area contributed by atoms with Crippen LogP contribution in [0.5, 0.6) is 0 Å². The third-order valence-corrected chi connectivity index (χ3v) is 2.58. The van der Waals surface area contributed by atoms with Crippen LogP contribution in [-0.2, 0) is 13.6 Å². The molecule has 0 aliphatic rings. The van der Waals surface area contributed by atoms with E-state index < -0.39 is 0 Å². The summed E-state index contributed by atoms with van der Waals surface area (Å²) in [6.45, 7) is 0.388. The molecule has 14 heavy (non-hydrogen) atoms. The molecule has 0 amide bonds. The van der Waals surface area contributed by atoms with Crippen LogP contribution in [-0.4, -0.2) is 10.9 Å². The van der Waals surface area contributed by atoms with Crippen molar-refractivity contribution in [2.24, 2.45) is 12.8 Å². The molecule has 1 heterocycles. The summed E-state index contributed by atoms with van der Waals surface area (Å²) in [6, 6.07) is 7.81. The minimum atomic E-state index is 0.388. The van der Waals surface area contributed by atoms with Gasteiger partial charge in [-0.2, -0.15) is 0 Å². The van der Waals surface area contributed by atoms with Gasteiger partial charge in [0.2, 0.25) is 0 Å². The zero-order valence-electron chi connectivity index (χ0n) is 8.03. The molecule has 3 nitrogen and oxygen atoms in total. The standard InChI is InChI=1S/C11H12N2O/c1-13-10-5-3-2-4-8(10)9(7-14)11(13)6-12/h2-5,7H,6,12H2,1H3. The van der Waals surface area contributed by atoms with Crippen LogP contribution in [0.4, 0.5) is 0 Å². The highest BCUT2D eigenvalue weighted by Crippen LogP contribution is 2.23. The quantitative estimate of drug-likeness (QED) is 0.725. The van der Waals surface area contributed by atoms with Crippen LogP contribution in [0, 0.1) is 0 Å². The Morgan fingerprint density at radius 1 is 1.43 bits per heavy atom. The molecule has 0 atom stereocenters. The Morgan fingerprint density at radius 2 is 2.14 bits per heavy atom. The van der Waals surface area contributed by atoms with Crippen molar-refractivity contribution in [3.63, 3.8) is 0 Å². The van der Waals surface area contributed by atoms with Gasteiger partial charge in [-0.25, -0.2) is 0 Å². The number of hydrogen-bond donors (Lipinski definition) is 1. The Balaban J connectivity index is 2.91. The molecule has 0 fully saturated rings. The zero-order valence-corrected chi connectivity index (χ0v) is 8.03. The fourth-order valence-corrected chi connectivity index (χ4v) is 1.85. The van der Waals surface area contributed by atoms with Crippen LogP contribution < -0.4 is 5.73 Å². The molecule has 0 bridgehead atoms. The molecule has 72 valence electrons. The van der Waals surface area contributed by atoms with Crippen LogP contribution in [0.15, 0.2) is 24.3 Å². The number of nitrogens with two attached hydrogens (primary N) is 1. The first-order valence-electron chi connectivity index (χ1n) is 4.51. The molecule has 0 spiro atoms. The van der Waals surface area contributed by atoms with E-state index in [1.807, 2.05) is 35.9 Å². The number of hydrogen-bond acceptors (Lipinski definition) is 2. The number of aromatic nitrogens is 1. The Bertz CT molecular complexity index is 485. The second kappa shape index (κ2) is 3.27. The molecule has 1 aromatic heterocycles. The molecule has 1 aromatic carbocycles. The molecular weight excluding hydrogens is 176 g/mol. The van der Waals surface area contributed by atoms with Crippen LogP contribution in [0.2, 0.25) is 0 Å². The number of nitrogens with zero attached hydrogens (tertiary/aromatic N) is 1. The average molecular weight is 188 g/mol. The smallest absolute Gasteiger partial charge is 0.152 e. The van der Waals surface area contributed by atoms with Crippen molar-refractivity contribution < 1.29 is 4.79 Å². The molecule has 0 radical (unpaired) electrons. The molecular formula is C11H12N2O. The molecule has 0 saturated carbocycles. The number of carbonyl (C=O) groups excluding carboxylic acids is 1. The fraction of sp³-hybridized carbons (Fsp3) is 0.182. The van der Waals surface area contributed by atoms with Crippen LogP contribution in [0.25, 0.3) is 10.9 Å². The maximum Gasteiger partial charge on any atom is 0.152 e. The predicted molar refractivity (Wildman–Crippen MR) is 56.2 cm³/mol. The molecule has 0 saturated heterocycles. The minimum Gasteiger partial charge on any atom is -0.346 e. The lowest BCUT2D eigenvalue weighted by molar-refractivity contribution is 0.112. The van der Waals surface area contributed by atoms with Crippen molar-refractivity contribution in [1.29, 1.82) is 0 Å². The lowest BCUT2D eigenvalue weighted by Gasteiger charge is -2.00. The van der Waals surface area contributed by atoms with Crippen molar-refractivity contribution in [2.45, 2.75) is 6.54 Å². The van der Waals surface area contributed by atoms with Gasteiger partial charge in [0.1, 0.15) is 0 Å². The number of aldehydes is 1. The van der Waals surface area contributed by atoms with E-state index in [4.69, 9.17) is 5.73 Å². The summed E-state index contributed by atoms with van der Waals surface area (Å²) in [6.07, 6.45) is 0.879. The predicted octanol–water partition coefficient (Wildman–Crippen LogP) is 1.45. The van der Waals surface area contributed by atoms with E-state index in [0.717, 1.165) is 22.9 Å². The number of benzene rings is 1. The van der Waals surface area contributed by atoms with Crippen LogP contribution in [0.3, 0.4) is 0 Å². The van der Waals surface area contributed by atoms with Crippen molar-refractivity contribution in [3.8, 4) is 0 Å². The first-order valence-corrected chi connectivity index (χ1v) is 4.51.